The fourth-order valence-electron chi connectivity index (χ4n) is 5.16. The Hall–Kier alpha value is -1.08. The summed E-state index contributed by atoms with van der Waals surface area (Å²) in [5, 5.41) is 12.1. The normalized spacial score (nSPS) is 16.3. The molecule has 0 saturated carbocycles. The first kappa shape index (κ1) is 35.4. The SMILES string of the molecule is CCCCCCCCCCCCOc1cc(C2([C@H](O)c3ccc(O[Si](C)(C)C(C)(C)C)cc3)SCCCS2)ccc1C. The average Bonchev–Trinajstić information content (AvgIpc) is 2.96. The molecule has 1 N–H and O–H groups in total. The number of aliphatic hydroxyl groups excluding tert-OH is 1. The van der Waals surface area contributed by atoms with E-state index in [-0.39, 0.29) is 5.04 Å². The van der Waals surface area contributed by atoms with Crippen molar-refractivity contribution in [3.05, 3.63) is 59.2 Å². The molecule has 2 aromatic carbocycles. The molecule has 1 aliphatic heterocycles. The lowest BCUT2D eigenvalue weighted by atomic mass is 9.98. The molecule has 1 saturated heterocycles. The lowest BCUT2D eigenvalue weighted by Crippen LogP contribution is -2.43. The van der Waals surface area contributed by atoms with Crippen LogP contribution in [-0.2, 0) is 4.08 Å². The second kappa shape index (κ2) is 16.8. The molecule has 1 atom stereocenters. The van der Waals surface area contributed by atoms with Crippen molar-refractivity contribution in [1.29, 1.82) is 0 Å². The predicted octanol–water partition coefficient (Wildman–Crippen LogP) is 11.4. The van der Waals surface area contributed by atoms with Crippen LogP contribution < -0.4 is 9.16 Å². The first-order valence-corrected chi connectivity index (χ1v) is 21.4. The minimum Gasteiger partial charge on any atom is -0.544 e. The summed E-state index contributed by atoms with van der Waals surface area (Å²) in [6.07, 6.45) is 13.8. The maximum absolute atomic E-state index is 11.9. The van der Waals surface area contributed by atoms with E-state index in [1.807, 2.05) is 35.7 Å². The third-order valence-corrected chi connectivity index (χ3v) is 16.8. The van der Waals surface area contributed by atoms with E-state index in [2.05, 4.69) is 78.0 Å². The average molecular weight is 631 g/mol. The molecule has 2 aromatic rings. The number of hydrogen-bond donors (Lipinski definition) is 1. The Labute approximate surface area is 267 Å². The van der Waals surface area contributed by atoms with Gasteiger partial charge < -0.3 is 14.3 Å². The molecule has 42 heavy (non-hydrogen) atoms. The molecule has 0 unspecified atom stereocenters. The number of hydrogen-bond acceptors (Lipinski definition) is 5. The third kappa shape index (κ3) is 9.97. The van der Waals surface area contributed by atoms with Gasteiger partial charge in [-0.1, -0.05) is 110 Å². The van der Waals surface area contributed by atoms with Crippen LogP contribution in [0.3, 0.4) is 0 Å². The lowest BCUT2D eigenvalue weighted by Gasteiger charge is -2.41. The van der Waals surface area contributed by atoms with Crippen LogP contribution in [0.25, 0.3) is 0 Å². The van der Waals surface area contributed by atoms with Crippen LogP contribution in [0.15, 0.2) is 42.5 Å². The van der Waals surface area contributed by atoms with Crippen molar-refractivity contribution in [3.8, 4) is 11.5 Å². The number of unbranched alkanes of at least 4 members (excludes halogenated alkanes) is 9. The van der Waals surface area contributed by atoms with Gasteiger partial charge in [-0.15, -0.1) is 23.5 Å². The molecule has 0 bridgehead atoms. The fraction of sp³-hybridized carbons (Fsp3) is 0.667. The van der Waals surface area contributed by atoms with Crippen molar-refractivity contribution in [2.24, 2.45) is 0 Å². The first-order chi connectivity index (χ1) is 20.0. The number of rotatable bonds is 17. The molecule has 236 valence electrons. The predicted molar refractivity (Wildman–Crippen MR) is 189 cm³/mol. The quantitative estimate of drug-likeness (QED) is 0.139. The highest BCUT2D eigenvalue weighted by atomic mass is 32.2. The van der Waals surface area contributed by atoms with Crippen molar-refractivity contribution in [1.82, 2.24) is 0 Å². The van der Waals surface area contributed by atoms with E-state index in [9.17, 15) is 5.11 Å². The van der Waals surface area contributed by atoms with Gasteiger partial charge in [0.05, 0.1) is 6.61 Å². The zero-order chi connectivity index (χ0) is 30.6. The summed E-state index contributed by atoms with van der Waals surface area (Å²) >= 11 is 3.75. The summed E-state index contributed by atoms with van der Waals surface area (Å²) in [5.74, 6) is 3.94. The Bertz CT molecular complexity index is 1060. The minimum absolute atomic E-state index is 0.142. The van der Waals surface area contributed by atoms with Gasteiger partial charge in [-0.3, -0.25) is 0 Å². The summed E-state index contributed by atoms with van der Waals surface area (Å²) in [4.78, 5) is 0. The standard InChI is InChI=1S/C36H58O3S2Si/c1-8-9-10-11-12-13-14-15-16-17-25-38-33-28-31(22-19-29(33)2)36(40-26-18-27-41-36)34(37)30-20-23-32(24-21-30)39-42(6,7)35(3,4)5/h19-24,28,34,37H,8-18,25-27H2,1-7H3/t34-/m1/s1. The van der Waals surface area contributed by atoms with Crippen LogP contribution in [0.4, 0.5) is 0 Å². The van der Waals surface area contributed by atoms with Gasteiger partial charge in [0.25, 0.3) is 0 Å². The molecule has 1 fully saturated rings. The summed E-state index contributed by atoms with van der Waals surface area (Å²) in [5.41, 5.74) is 3.25. The van der Waals surface area contributed by atoms with E-state index in [0.29, 0.717) is 0 Å². The molecule has 0 amide bonds. The van der Waals surface area contributed by atoms with Crippen molar-refractivity contribution in [3.63, 3.8) is 0 Å². The molecular formula is C36H58O3S2Si. The van der Waals surface area contributed by atoms with Crippen molar-refractivity contribution >= 4 is 31.8 Å². The Morgan fingerprint density at radius 2 is 1.43 bits per heavy atom. The molecule has 0 radical (unpaired) electrons. The van der Waals surface area contributed by atoms with Crippen LogP contribution >= 0.6 is 23.5 Å². The highest BCUT2D eigenvalue weighted by molar-refractivity contribution is 8.18. The highest BCUT2D eigenvalue weighted by Crippen LogP contribution is 2.58. The number of thioether (sulfide) groups is 2. The van der Waals surface area contributed by atoms with Crippen LogP contribution in [0.1, 0.15) is 121 Å². The molecule has 3 nitrogen and oxygen atoms in total. The van der Waals surface area contributed by atoms with Gasteiger partial charge in [0.15, 0.2) is 0 Å². The summed E-state index contributed by atoms with van der Waals surface area (Å²) in [7, 11) is -1.92. The second-order valence-corrected chi connectivity index (χ2v) is 21.2. The first-order valence-electron chi connectivity index (χ1n) is 16.5. The van der Waals surface area contributed by atoms with Gasteiger partial charge >= 0.3 is 0 Å². The maximum Gasteiger partial charge on any atom is 0.250 e. The smallest absolute Gasteiger partial charge is 0.250 e. The molecule has 0 spiro atoms. The van der Waals surface area contributed by atoms with Gasteiger partial charge in [0.2, 0.25) is 8.32 Å². The monoisotopic (exact) mass is 630 g/mol. The topological polar surface area (TPSA) is 38.7 Å². The van der Waals surface area contributed by atoms with Crippen molar-refractivity contribution in [2.75, 3.05) is 18.1 Å². The number of benzene rings is 2. The van der Waals surface area contributed by atoms with Crippen molar-refractivity contribution in [2.45, 2.75) is 134 Å². The second-order valence-electron chi connectivity index (χ2n) is 13.6. The van der Waals surface area contributed by atoms with E-state index < -0.39 is 18.5 Å². The summed E-state index contributed by atoms with van der Waals surface area (Å²) < 4.78 is 12.4. The summed E-state index contributed by atoms with van der Waals surface area (Å²) in [6.45, 7) is 16.5. The Morgan fingerprint density at radius 3 is 2.00 bits per heavy atom. The number of aliphatic hydroxyl groups is 1. The Morgan fingerprint density at radius 1 is 0.857 bits per heavy atom. The van der Waals surface area contributed by atoms with Gasteiger partial charge in [-0.2, -0.15) is 0 Å². The number of ether oxygens (including phenoxy) is 1. The molecular weight excluding hydrogens is 573 g/mol. The highest BCUT2D eigenvalue weighted by Gasteiger charge is 2.44. The zero-order valence-corrected chi connectivity index (χ0v) is 30.2. The molecule has 3 rings (SSSR count). The van der Waals surface area contributed by atoms with E-state index in [1.54, 1.807) is 0 Å². The lowest BCUT2D eigenvalue weighted by molar-refractivity contribution is 0.163. The molecule has 1 heterocycles. The minimum atomic E-state index is -1.92. The van der Waals surface area contributed by atoms with Crippen LogP contribution in [0.2, 0.25) is 18.1 Å². The molecule has 0 aliphatic carbocycles. The zero-order valence-electron chi connectivity index (χ0n) is 27.6. The summed E-state index contributed by atoms with van der Waals surface area (Å²) in [6, 6.07) is 14.8. The van der Waals surface area contributed by atoms with Gasteiger partial charge in [-0.05, 0) is 84.3 Å². The van der Waals surface area contributed by atoms with Gasteiger partial charge in [0, 0.05) is 0 Å². The van der Waals surface area contributed by atoms with E-state index in [0.717, 1.165) is 59.1 Å². The Balaban J connectivity index is 1.63. The van der Waals surface area contributed by atoms with E-state index in [1.165, 1.54) is 57.8 Å². The van der Waals surface area contributed by atoms with Gasteiger partial charge in [-0.25, -0.2) is 0 Å². The number of aryl methyl sites for hydroxylation is 1. The molecule has 6 heteroatoms. The molecule has 1 aliphatic rings. The van der Waals surface area contributed by atoms with Crippen molar-refractivity contribution < 1.29 is 14.3 Å². The van der Waals surface area contributed by atoms with E-state index in [4.69, 9.17) is 9.16 Å². The largest absolute Gasteiger partial charge is 0.544 e. The van der Waals surface area contributed by atoms with Gasteiger partial charge in [0.1, 0.15) is 21.7 Å². The van der Waals surface area contributed by atoms with Crippen LogP contribution in [-0.4, -0.2) is 31.5 Å². The van der Waals surface area contributed by atoms with Crippen LogP contribution in [0.5, 0.6) is 11.5 Å². The maximum atomic E-state index is 11.9. The fourth-order valence-corrected chi connectivity index (χ4v) is 9.57. The third-order valence-electron chi connectivity index (χ3n) is 9.00. The molecule has 0 aromatic heterocycles. The van der Waals surface area contributed by atoms with E-state index >= 15 is 0 Å². The Kier molecular flexibility index (Phi) is 14.2. The van der Waals surface area contributed by atoms with Crippen LogP contribution in [0, 0.1) is 6.92 Å².